The molecule has 50 valence electrons. The van der Waals surface area contributed by atoms with Gasteiger partial charge >= 0.3 is 0 Å². The first kappa shape index (κ1) is 5.48. The minimum Gasteiger partial charge on any atom is -0.392 e. The zero-order chi connectivity index (χ0) is 6.27. The van der Waals surface area contributed by atoms with E-state index in [1.54, 1.807) is 0 Å². The minimum absolute atomic E-state index is 0.303. The van der Waals surface area contributed by atoms with Gasteiger partial charge in [-0.05, 0) is 36.7 Å². The second kappa shape index (κ2) is 1.84. The van der Waals surface area contributed by atoms with Crippen molar-refractivity contribution in [3.05, 3.63) is 11.6 Å². The van der Waals surface area contributed by atoms with E-state index in [1.807, 2.05) is 0 Å². The summed E-state index contributed by atoms with van der Waals surface area (Å²) in [6.07, 6.45) is 6.16. The number of rotatable bonds is 1. The van der Waals surface area contributed by atoms with Crippen molar-refractivity contribution < 1.29 is 5.11 Å². The summed E-state index contributed by atoms with van der Waals surface area (Å²) < 4.78 is 0. The Morgan fingerprint density at radius 3 is 2.67 bits per heavy atom. The molecule has 1 N–H and O–H groups in total. The van der Waals surface area contributed by atoms with Crippen molar-refractivity contribution in [1.29, 1.82) is 0 Å². The Labute approximate surface area is 55.4 Å². The predicted molar refractivity (Wildman–Crippen MR) is 36.0 cm³/mol. The van der Waals surface area contributed by atoms with Crippen LogP contribution in [-0.4, -0.2) is 11.7 Å². The highest BCUT2D eigenvalue weighted by atomic mass is 16.3. The van der Waals surface area contributed by atoms with Gasteiger partial charge in [0.15, 0.2) is 0 Å². The average molecular weight is 124 g/mol. The fourth-order valence-corrected chi connectivity index (χ4v) is 1.91. The molecule has 9 heavy (non-hydrogen) atoms. The third-order valence-corrected chi connectivity index (χ3v) is 2.66. The summed E-state index contributed by atoms with van der Waals surface area (Å²) >= 11 is 0. The van der Waals surface area contributed by atoms with Crippen LogP contribution < -0.4 is 0 Å². The van der Waals surface area contributed by atoms with E-state index in [1.165, 1.54) is 24.8 Å². The van der Waals surface area contributed by atoms with Gasteiger partial charge < -0.3 is 5.11 Å². The predicted octanol–water partition coefficient (Wildman–Crippen LogP) is 1.33. The summed E-state index contributed by atoms with van der Waals surface area (Å²) in [5.41, 5.74) is 1.30. The molecule has 0 atom stereocenters. The van der Waals surface area contributed by atoms with Gasteiger partial charge in [0.25, 0.3) is 0 Å². The number of hydrogen-bond acceptors (Lipinski definition) is 1. The standard InChI is InChI=1S/C8H12O/c9-5-7-2-1-6-3-8(7)4-6/h2,6,8-9H,1,3-5H2. The summed E-state index contributed by atoms with van der Waals surface area (Å²) in [6.45, 7) is 0.303. The number of hydrogen-bond donors (Lipinski definition) is 1. The molecule has 0 heterocycles. The van der Waals surface area contributed by atoms with Crippen molar-refractivity contribution in [2.75, 3.05) is 6.61 Å². The molecular weight excluding hydrogens is 112 g/mol. The van der Waals surface area contributed by atoms with Gasteiger partial charge in [0.2, 0.25) is 0 Å². The molecule has 2 bridgehead atoms. The van der Waals surface area contributed by atoms with Gasteiger partial charge in [-0.15, -0.1) is 0 Å². The Bertz CT molecular complexity index is 143. The molecular formula is C8H12O. The smallest absolute Gasteiger partial charge is 0.0644 e. The highest BCUT2D eigenvalue weighted by Crippen LogP contribution is 2.45. The van der Waals surface area contributed by atoms with Gasteiger partial charge in [0, 0.05) is 0 Å². The molecule has 0 amide bonds. The molecule has 3 aliphatic rings. The van der Waals surface area contributed by atoms with E-state index in [-0.39, 0.29) is 0 Å². The molecule has 1 nitrogen and oxygen atoms in total. The van der Waals surface area contributed by atoms with Crippen molar-refractivity contribution in [1.82, 2.24) is 0 Å². The molecule has 0 aromatic carbocycles. The van der Waals surface area contributed by atoms with Crippen molar-refractivity contribution >= 4 is 0 Å². The first-order valence-corrected chi connectivity index (χ1v) is 3.70. The van der Waals surface area contributed by atoms with Crippen LogP contribution in [0.4, 0.5) is 0 Å². The van der Waals surface area contributed by atoms with E-state index in [2.05, 4.69) is 6.08 Å². The molecule has 1 heteroatoms. The SMILES string of the molecule is OCC1=CCC2CC1C2. The highest BCUT2D eigenvalue weighted by molar-refractivity contribution is 5.17. The maximum Gasteiger partial charge on any atom is 0.0644 e. The fraction of sp³-hybridized carbons (Fsp3) is 0.750. The first-order valence-electron chi connectivity index (χ1n) is 3.70. The molecule has 3 aliphatic carbocycles. The van der Waals surface area contributed by atoms with Crippen molar-refractivity contribution in [2.45, 2.75) is 19.3 Å². The second-order valence-corrected chi connectivity index (χ2v) is 3.21. The normalized spacial score (nSPS) is 39.4. The largest absolute Gasteiger partial charge is 0.392 e. The monoisotopic (exact) mass is 124 g/mol. The second-order valence-electron chi connectivity index (χ2n) is 3.21. The van der Waals surface area contributed by atoms with Crippen LogP contribution in [-0.2, 0) is 0 Å². The Morgan fingerprint density at radius 1 is 1.56 bits per heavy atom. The molecule has 0 aliphatic heterocycles. The maximum absolute atomic E-state index is 8.82. The molecule has 0 radical (unpaired) electrons. The van der Waals surface area contributed by atoms with E-state index in [0.29, 0.717) is 6.61 Å². The van der Waals surface area contributed by atoms with Crippen LogP contribution in [0.2, 0.25) is 0 Å². The molecule has 0 unspecified atom stereocenters. The van der Waals surface area contributed by atoms with Crippen LogP contribution in [0.25, 0.3) is 0 Å². The molecule has 1 saturated carbocycles. The van der Waals surface area contributed by atoms with Gasteiger partial charge in [0.1, 0.15) is 0 Å². The third-order valence-electron chi connectivity index (χ3n) is 2.66. The molecule has 0 aromatic heterocycles. The van der Waals surface area contributed by atoms with Gasteiger partial charge in [0.05, 0.1) is 6.61 Å². The maximum atomic E-state index is 8.82. The Kier molecular flexibility index (Phi) is 1.12. The van der Waals surface area contributed by atoms with Crippen LogP contribution in [0.15, 0.2) is 11.6 Å². The van der Waals surface area contributed by atoms with Crippen LogP contribution in [0, 0.1) is 11.8 Å². The Balaban J connectivity index is 2.12. The highest BCUT2D eigenvalue weighted by Gasteiger charge is 2.33. The quantitative estimate of drug-likeness (QED) is 0.523. The Morgan fingerprint density at radius 2 is 2.33 bits per heavy atom. The summed E-state index contributed by atoms with van der Waals surface area (Å²) in [4.78, 5) is 0. The number of aliphatic hydroxyl groups excluding tert-OH is 1. The lowest BCUT2D eigenvalue weighted by molar-refractivity contribution is 0.183. The average Bonchev–Trinajstić information content (AvgIpc) is 1.86. The minimum atomic E-state index is 0.303. The zero-order valence-electron chi connectivity index (χ0n) is 5.51. The molecule has 0 spiro atoms. The summed E-state index contributed by atoms with van der Waals surface area (Å²) in [5, 5.41) is 8.82. The van der Waals surface area contributed by atoms with Crippen LogP contribution in [0.1, 0.15) is 19.3 Å². The van der Waals surface area contributed by atoms with Gasteiger partial charge in [-0.25, -0.2) is 0 Å². The number of aliphatic hydroxyl groups is 1. The van der Waals surface area contributed by atoms with Gasteiger partial charge in [-0.2, -0.15) is 0 Å². The molecule has 0 aromatic rings. The van der Waals surface area contributed by atoms with Gasteiger partial charge in [-0.1, -0.05) is 6.08 Å². The number of allylic oxidation sites excluding steroid dienone is 1. The zero-order valence-corrected chi connectivity index (χ0v) is 5.51. The Hall–Kier alpha value is -0.300. The lowest BCUT2D eigenvalue weighted by atomic mass is 9.65. The topological polar surface area (TPSA) is 20.2 Å². The van der Waals surface area contributed by atoms with Gasteiger partial charge in [-0.3, -0.25) is 0 Å². The van der Waals surface area contributed by atoms with E-state index in [9.17, 15) is 0 Å². The van der Waals surface area contributed by atoms with E-state index < -0.39 is 0 Å². The molecule has 1 fully saturated rings. The summed E-state index contributed by atoms with van der Waals surface area (Å²) in [5.74, 6) is 1.75. The lowest BCUT2D eigenvalue weighted by Crippen LogP contribution is -2.30. The summed E-state index contributed by atoms with van der Waals surface area (Å²) in [7, 11) is 0. The van der Waals surface area contributed by atoms with Crippen molar-refractivity contribution in [3.8, 4) is 0 Å². The van der Waals surface area contributed by atoms with Crippen molar-refractivity contribution in [3.63, 3.8) is 0 Å². The van der Waals surface area contributed by atoms with Crippen LogP contribution in [0.5, 0.6) is 0 Å². The fourth-order valence-electron chi connectivity index (χ4n) is 1.91. The lowest BCUT2D eigenvalue weighted by Gasteiger charge is -2.40. The third kappa shape index (κ3) is 0.715. The first-order chi connectivity index (χ1) is 4.40. The summed E-state index contributed by atoms with van der Waals surface area (Å²) in [6, 6.07) is 0. The number of fused-ring (bicyclic) bond motifs is 1. The van der Waals surface area contributed by atoms with Crippen LogP contribution >= 0.6 is 0 Å². The van der Waals surface area contributed by atoms with E-state index in [4.69, 9.17) is 5.11 Å². The van der Waals surface area contributed by atoms with Crippen molar-refractivity contribution in [2.24, 2.45) is 11.8 Å². The molecule has 3 rings (SSSR count). The van der Waals surface area contributed by atoms with Crippen LogP contribution in [0.3, 0.4) is 0 Å². The van der Waals surface area contributed by atoms with E-state index >= 15 is 0 Å². The van der Waals surface area contributed by atoms with E-state index in [0.717, 1.165) is 11.8 Å². The molecule has 0 saturated heterocycles.